The molecule has 0 atom stereocenters. The lowest BCUT2D eigenvalue weighted by atomic mass is 9.93. The Kier molecular flexibility index (Phi) is 4.96. The zero-order chi connectivity index (χ0) is 15.3. The molecule has 1 amide bonds. The van der Waals surface area contributed by atoms with Gasteiger partial charge in [-0.1, -0.05) is 51.1 Å². The number of benzene rings is 1. The number of amides is 1. The molecule has 0 fully saturated rings. The first-order chi connectivity index (χ1) is 9.95. The smallest absolute Gasteiger partial charge is 0.413 e. The minimum atomic E-state index is -0.458. The van der Waals surface area contributed by atoms with Crippen molar-refractivity contribution >= 4 is 22.6 Å². The van der Waals surface area contributed by atoms with Gasteiger partial charge in [-0.05, 0) is 5.56 Å². The second-order valence-corrected chi connectivity index (χ2v) is 6.64. The van der Waals surface area contributed by atoms with E-state index in [1.165, 1.54) is 11.3 Å². The van der Waals surface area contributed by atoms with Crippen LogP contribution in [0.2, 0.25) is 0 Å². The van der Waals surface area contributed by atoms with Crippen LogP contribution in [0.4, 0.5) is 9.93 Å². The Morgan fingerprint density at radius 1 is 1.29 bits per heavy atom. The van der Waals surface area contributed by atoms with Crippen molar-refractivity contribution in [2.75, 3.05) is 11.9 Å². The molecule has 0 saturated heterocycles. The van der Waals surface area contributed by atoms with Gasteiger partial charge in [-0.3, -0.25) is 5.32 Å². The van der Waals surface area contributed by atoms with Crippen LogP contribution >= 0.6 is 11.3 Å². The van der Waals surface area contributed by atoms with Crippen molar-refractivity contribution in [1.29, 1.82) is 0 Å². The van der Waals surface area contributed by atoms with Gasteiger partial charge in [0.05, 0.1) is 12.3 Å². The van der Waals surface area contributed by atoms with E-state index in [1.54, 1.807) is 0 Å². The highest BCUT2D eigenvalue weighted by Gasteiger charge is 2.18. The number of carbonyl (C=O) groups excluding carboxylic acids is 1. The lowest BCUT2D eigenvalue weighted by Crippen LogP contribution is -2.16. The minimum absolute atomic E-state index is 0.0202. The fourth-order valence-corrected chi connectivity index (χ4v) is 2.63. The Labute approximate surface area is 129 Å². The number of ether oxygens (including phenoxy) is 1. The number of aromatic nitrogens is 1. The maximum absolute atomic E-state index is 11.7. The summed E-state index contributed by atoms with van der Waals surface area (Å²) in [6.45, 7) is 6.62. The summed E-state index contributed by atoms with van der Waals surface area (Å²) in [5.41, 5.74) is 2.09. The average molecular weight is 304 g/mol. The number of nitrogens with one attached hydrogen (secondary N) is 1. The monoisotopic (exact) mass is 304 g/mol. The van der Waals surface area contributed by atoms with Crippen molar-refractivity contribution in [3.63, 3.8) is 0 Å². The summed E-state index contributed by atoms with van der Waals surface area (Å²) in [7, 11) is 0. The number of carbonyl (C=O) groups is 1. The van der Waals surface area contributed by atoms with Crippen molar-refractivity contribution in [3.05, 3.63) is 47.0 Å². The molecule has 1 heterocycles. The minimum Gasteiger partial charge on any atom is -0.449 e. The lowest BCUT2D eigenvalue weighted by Gasteiger charge is -2.14. The van der Waals surface area contributed by atoms with Gasteiger partial charge in [-0.25, -0.2) is 9.78 Å². The normalized spacial score (nSPS) is 11.2. The van der Waals surface area contributed by atoms with Crippen LogP contribution < -0.4 is 5.32 Å². The predicted octanol–water partition coefficient (Wildman–Crippen LogP) is 4.23. The lowest BCUT2D eigenvalue weighted by molar-refractivity contribution is 0.163. The van der Waals surface area contributed by atoms with Crippen LogP contribution in [0, 0.1) is 0 Å². The van der Waals surface area contributed by atoms with Gasteiger partial charge in [0, 0.05) is 17.2 Å². The first-order valence-corrected chi connectivity index (χ1v) is 7.77. The van der Waals surface area contributed by atoms with E-state index in [0.717, 1.165) is 11.3 Å². The molecule has 112 valence electrons. The molecule has 0 radical (unpaired) electrons. The van der Waals surface area contributed by atoms with Crippen molar-refractivity contribution in [3.8, 4) is 0 Å². The first kappa shape index (κ1) is 15.5. The summed E-state index contributed by atoms with van der Waals surface area (Å²) in [6.07, 6.45) is 0.250. The van der Waals surface area contributed by atoms with E-state index >= 15 is 0 Å². The van der Waals surface area contributed by atoms with Crippen molar-refractivity contribution in [2.45, 2.75) is 32.6 Å². The Hall–Kier alpha value is -1.88. The van der Waals surface area contributed by atoms with Gasteiger partial charge >= 0.3 is 6.09 Å². The fourth-order valence-electron chi connectivity index (χ4n) is 1.71. The number of anilines is 1. The van der Waals surface area contributed by atoms with Gasteiger partial charge < -0.3 is 4.74 Å². The van der Waals surface area contributed by atoms with Gasteiger partial charge in [0.2, 0.25) is 0 Å². The Balaban J connectivity index is 1.78. The molecule has 0 bridgehead atoms. The Morgan fingerprint density at radius 2 is 2.00 bits per heavy atom. The van der Waals surface area contributed by atoms with E-state index < -0.39 is 6.09 Å². The second-order valence-electron chi connectivity index (χ2n) is 5.78. The van der Waals surface area contributed by atoms with Gasteiger partial charge in [0.15, 0.2) is 5.13 Å². The third-order valence-electron chi connectivity index (χ3n) is 2.95. The molecule has 0 unspecified atom stereocenters. The summed E-state index contributed by atoms with van der Waals surface area (Å²) in [5.74, 6) is 0. The highest BCUT2D eigenvalue weighted by atomic mass is 32.1. The second kappa shape index (κ2) is 6.72. The van der Waals surface area contributed by atoms with E-state index in [-0.39, 0.29) is 5.41 Å². The molecule has 2 rings (SSSR count). The summed E-state index contributed by atoms with van der Waals surface area (Å²) in [4.78, 5) is 16.1. The molecule has 0 aliphatic rings. The molecule has 1 aromatic heterocycles. The highest BCUT2D eigenvalue weighted by molar-refractivity contribution is 7.13. The third kappa shape index (κ3) is 4.86. The van der Waals surface area contributed by atoms with Gasteiger partial charge in [-0.2, -0.15) is 0 Å². The van der Waals surface area contributed by atoms with E-state index in [1.807, 2.05) is 35.7 Å². The molecule has 2 aromatic rings. The topological polar surface area (TPSA) is 51.2 Å². The van der Waals surface area contributed by atoms with Gasteiger partial charge in [0.1, 0.15) is 0 Å². The molecule has 1 N–H and O–H groups in total. The van der Waals surface area contributed by atoms with Crippen LogP contribution in [0.15, 0.2) is 35.7 Å². The predicted molar refractivity (Wildman–Crippen MR) is 85.9 cm³/mol. The average Bonchev–Trinajstić information content (AvgIpc) is 2.88. The quantitative estimate of drug-likeness (QED) is 0.919. The molecule has 21 heavy (non-hydrogen) atoms. The number of hydrogen-bond donors (Lipinski definition) is 1. The summed E-state index contributed by atoms with van der Waals surface area (Å²) >= 11 is 1.41. The molecule has 0 aliphatic carbocycles. The number of nitrogens with zero attached hydrogens (tertiary/aromatic N) is 1. The summed E-state index contributed by atoms with van der Waals surface area (Å²) in [6, 6.07) is 9.93. The van der Waals surface area contributed by atoms with Crippen LogP contribution in [-0.2, 0) is 16.6 Å². The van der Waals surface area contributed by atoms with E-state index in [2.05, 4.69) is 31.1 Å². The SMILES string of the molecule is CC(C)(C)c1csc(NC(=O)OCCc2ccccc2)n1. The first-order valence-electron chi connectivity index (χ1n) is 6.89. The molecule has 5 heteroatoms. The van der Waals surface area contributed by atoms with Crippen LogP contribution in [0.5, 0.6) is 0 Å². The molecular formula is C16H20N2O2S. The van der Waals surface area contributed by atoms with Gasteiger partial charge in [-0.15, -0.1) is 11.3 Å². The maximum Gasteiger partial charge on any atom is 0.413 e. The molecule has 1 aromatic carbocycles. The van der Waals surface area contributed by atoms with Gasteiger partial charge in [0.25, 0.3) is 0 Å². The fraction of sp³-hybridized carbons (Fsp3) is 0.375. The zero-order valence-electron chi connectivity index (χ0n) is 12.6. The van der Waals surface area contributed by atoms with Crippen molar-refractivity contribution in [2.24, 2.45) is 0 Å². The maximum atomic E-state index is 11.7. The largest absolute Gasteiger partial charge is 0.449 e. The van der Waals surface area contributed by atoms with Crippen LogP contribution in [0.25, 0.3) is 0 Å². The Morgan fingerprint density at radius 3 is 2.62 bits per heavy atom. The Bertz CT molecular complexity index is 588. The molecular weight excluding hydrogens is 284 g/mol. The molecule has 4 nitrogen and oxygen atoms in total. The summed E-state index contributed by atoms with van der Waals surface area (Å²) in [5, 5.41) is 5.20. The number of rotatable bonds is 4. The standard InChI is InChI=1S/C16H20N2O2S/c1-16(2,3)13-11-21-14(17-13)18-15(19)20-10-9-12-7-5-4-6-8-12/h4-8,11H,9-10H2,1-3H3,(H,17,18,19). The van der Waals surface area contributed by atoms with Crippen LogP contribution in [0.1, 0.15) is 32.0 Å². The number of hydrogen-bond acceptors (Lipinski definition) is 4. The van der Waals surface area contributed by atoms with E-state index in [9.17, 15) is 4.79 Å². The molecule has 0 aliphatic heterocycles. The van der Waals surface area contributed by atoms with Crippen LogP contribution in [0.3, 0.4) is 0 Å². The van der Waals surface area contributed by atoms with Crippen LogP contribution in [-0.4, -0.2) is 17.7 Å². The van der Waals surface area contributed by atoms with Crippen molar-refractivity contribution in [1.82, 2.24) is 4.98 Å². The zero-order valence-corrected chi connectivity index (χ0v) is 13.4. The number of thiazole rings is 1. The van der Waals surface area contributed by atoms with Crippen molar-refractivity contribution < 1.29 is 9.53 Å². The summed E-state index contributed by atoms with van der Waals surface area (Å²) < 4.78 is 5.16. The molecule has 0 spiro atoms. The molecule has 0 saturated carbocycles. The highest BCUT2D eigenvalue weighted by Crippen LogP contribution is 2.26. The third-order valence-corrected chi connectivity index (χ3v) is 3.71. The van der Waals surface area contributed by atoms with E-state index in [0.29, 0.717) is 18.2 Å². The van der Waals surface area contributed by atoms with E-state index in [4.69, 9.17) is 4.74 Å².